The van der Waals surface area contributed by atoms with Crippen LogP contribution in [0.4, 0.5) is 26.3 Å². The molecule has 0 aliphatic rings. The fraction of sp³-hybridized carbons (Fsp3) is 1.00. The van der Waals surface area contributed by atoms with E-state index in [4.69, 9.17) is 10.4 Å². The van der Waals surface area contributed by atoms with Gasteiger partial charge in [-0.3, -0.25) is 10.4 Å². The molecule has 0 rings (SSSR count). The van der Waals surface area contributed by atoms with Crippen LogP contribution >= 0.6 is 0 Å². The van der Waals surface area contributed by atoms with Gasteiger partial charge in [0, 0.05) is 0 Å². The maximum atomic E-state index is 12.4. The summed E-state index contributed by atoms with van der Waals surface area (Å²) in [5.74, 6) is 0. The molecule has 2 N–H and O–H groups in total. The van der Waals surface area contributed by atoms with Crippen molar-refractivity contribution < 1.29 is 53.6 Å². The highest BCUT2D eigenvalue weighted by atomic mass is 32.3. The Morgan fingerprint density at radius 3 is 1.14 bits per heavy atom. The van der Waals surface area contributed by atoms with Crippen LogP contribution in [0.1, 0.15) is 13.8 Å². The maximum absolute atomic E-state index is 12.4. The molecular formula is C5H8F6N2O6S2. The lowest BCUT2D eigenvalue weighted by atomic mass is 10.3. The second kappa shape index (κ2) is 5.20. The SMILES string of the molecule is CC(C)(N(O)O)N(S(=O)(=O)C(F)(F)F)S(=O)(=O)C(F)(F)F. The minimum absolute atomic E-state index is 0.0829. The number of alkyl halides is 6. The molecule has 0 aliphatic heterocycles. The van der Waals surface area contributed by atoms with Crippen molar-refractivity contribution in [3.8, 4) is 0 Å². The number of hydrogen-bond acceptors (Lipinski definition) is 7. The average molecular weight is 370 g/mol. The Labute approximate surface area is 114 Å². The van der Waals surface area contributed by atoms with Gasteiger partial charge in [0.05, 0.1) is 0 Å². The Hall–Kier alpha value is -0.680. The predicted molar refractivity (Wildman–Crippen MR) is 51.3 cm³/mol. The summed E-state index contributed by atoms with van der Waals surface area (Å²) >= 11 is 0. The van der Waals surface area contributed by atoms with Crippen molar-refractivity contribution in [1.29, 1.82) is 0 Å². The van der Waals surface area contributed by atoms with Crippen LogP contribution in [0.25, 0.3) is 0 Å². The summed E-state index contributed by atoms with van der Waals surface area (Å²) in [5.41, 5.74) is -16.4. The molecule has 0 aromatic heterocycles. The second-order valence-electron chi connectivity index (χ2n) is 3.88. The molecular weight excluding hydrogens is 362 g/mol. The zero-order valence-corrected chi connectivity index (χ0v) is 11.6. The molecule has 16 heteroatoms. The molecule has 0 aromatic rings. The number of nitrogens with zero attached hydrogens (tertiary/aromatic N) is 2. The monoisotopic (exact) mass is 370 g/mol. The zero-order valence-electron chi connectivity index (χ0n) is 10.0. The van der Waals surface area contributed by atoms with E-state index in [-0.39, 0.29) is 13.8 Å². The fourth-order valence-electron chi connectivity index (χ4n) is 0.978. The van der Waals surface area contributed by atoms with Crippen molar-refractivity contribution >= 4 is 20.0 Å². The van der Waals surface area contributed by atoms with Crippen LogP contribution in [0.2, 0.25) is 0 Å². The lowest BCUT2D eigenvalue weighted by Gasteiger charge is -2.37. The number of sulfonamides is 2. The number of hydrogen-bond donors (Lipinski definition) is 2. The van der Waals surface area contributed by atoms with Crippen LogP contribution in [-0.2, 0) is 20.0 Å². The van der Waals surface area contributed by atoms with Crippen molar-refractivity contribution in [2.75, 3.05) is 0 Å². The van der Waals surface area contributed by atoms with Crippen LogP contribution in [-0.4, -0.2) is 52.9 Å². The molecule has 0 spiro atoms. The molecule has 0 saturated carbocycles. The van der Waals surface area contributed by atoms with E-state index in [0.29, 0.717) is 0 Å². The van der Waals surface area contributed by atoms with Gasteiger partial charge in [0.25, 0.3) is 0 Å². The summed E-state index contributed by atoms with van der Waals surface area (Å²) in [6.07, 6.45) is 0. The molecule has 21 heavy (non-hydrogen) atoms. The first kappa shape index (κ1) is 20.3. The zero-order chi connectivity index (χ0) is 17.7. The topological polar surface area (TPSA) is 115 Å². The van der Waals surface area contributed by atoms with Gasteiger partial charge < -0.3 is 0 Å². The molecule has 0 amide bonds. The van der Waals surface area contributed by atoms with E-state index < -0.39 is 45.7 Å². The van der Waals surface area contributed by atoms with Crippen molar-refractivity contribution in [1.82, 2.24) is 8.94 Å². The summed E-state index contributed by atoms with van der Waals surface area (Å²) in [6.45, 7) is 0.166. The van der Waals surface area contributed by atoms with Gasteiger partial charge in [-0.1, -0.05) is 3.71 Å². The van der Waals surface area contributed by atoms with Crippen LogP contribution in [0.15, 0.2) is 0 Å². The maximum Gasteiger partial charge on any atom is 0.512 e. The smallest absolute Gasteiger partial charge is 0.288 e. The van der Waals surface area contributed by atoms with Gasteiger partial charge in [-0.2, -0.15) is 26.3 Å². The summed E-state index contributed by atoms with van der Waals surface area (Å²) in [6, 6.07) is 0. The molecule has 0 bridgehead atoms. The molecule has 0 fully saturated rings. The summed E-state index contributed by atoms with van der Waals surface area (Å²) in [7, 11) is -14.2. The molecule has 0 unspecified atom stereocenters. The highest BCUT2D eigenvalue weighted by Crippen LogP contribution is 2.40. The van der Waals surface area contributed by atoms with Crippen molar-refractivity contribution in [2.45, 2.75) is 30.5 Å². The Morgan fingerprint density at radius 2 is 1.00 bits per heavy atom. The lowest BCUT2D eigenvalue weighted by molar-refractivity contribution is -0.369. The molecule has 0 aromatic carbocycles. The van der Waals surface area contributed by atoms with E-state index in [2.05, 4.69) is 0 Å². The third kappa shape index (κ3) is 3.39. The molecule has 0 heterocycles. The van der Waals surface area contributed by atoms with Crippen LogP contribution in [0, 0.1) is 0 Å². The van der Waals surface area contributed by atoms with E-state index >= 15 is 0 Å². The number of hydroxylamine groups is 2. The molecule has 0 aliphatic carbocycles. The first-order valence-corrected chi connectivity index (χ1v) is 7.30. The van der Waals surface area contributed by atoms with Gasteiger partial charge in [0.15, 0.2) is 0 Å². The normalized spacial score (nSPS) is 15.8. The van der Waals surface area contributed by atoms with Crippen molar-refractivity contribution in [3.63, 3.8) is 0 Å². The molecule has 128 valence electrons. The van der Waals surface area contributed by atoms with Gasteiger partial charge in [0.1, 0.15) is 5.66 Å². The molecule has 0 atom stereocenters. The first-order valence-electron chi connectivity index (χ1n) is 4.42. The predicted octanol–water partition coefficient (Wildman–Crippen LogP) is 0.804. The minimum atomic E-state index is -7.12. The third-order valence-electron chi connectivity index (χ3n) is 1.96. The quantitative estimate of drug-likeness (QED) is 0.427. The first-order chi connectivity index (χ1) is 8.81. The Morgan fingerprint density at radius 1 is 0.762 bits per heavy atom. The van der Waals surface area contributed by atoms with Gasteiger partial charge in [-0.15, -0.1) is 0 Å². The van der Waals surface area contributed by atoms with Gasteiger partial charge in [0.2, 0.25) is 0 Å². The average Bonchev–Trinajstić information content (AvgIpc) is 2.11. The highest BCUT2D eigenvalue weighted by molar-refractivity contribution is 8.04. The highest BCUT2D eigenvalue weighted by Gasteiger charge is 2.66. The van der Waals surface area contributed by atoms with Crippen LogP contribution in [0.3, 0.4) is 0 Å². The fourth-order valence-corrected chi connectivity index (χ4v) is 4.22. The summed E-state index contributed by atoms with van der Waals surface area (Å²) in [4.78, 5) is 0. The number of halogens is 6. The lowest BCUT2D eigenvalue weighted by Crippen LogP contribution is -2.63. The van der Waals surface area contributed by atoms with E-state index in [1.165, 1.54) is 0 Å². The third-order valence-corrected chi connectivity index (χ3v) is 6.07. The summed E-state index contributed by atoms with van der Waals surface area (Å²) < 4.78 is 116. The van der Waals surface area contributed by atoms with E-state index in [9.17, 15) is 43.2 Å². The van der Waals surface area contributed by atoms with Crippen LogP contribution < -0.4 is 0 Å². The van der Waals surface area contributed by atoms with Gasteiger partial charge in [-0.05, 0) is 19.1 Å². The van der Waals surface area contributed by atoms with Gasteiger partial charge in [-0.25, -0.2) is 16.8 Å². The standard InChI is InChI=1S/C5H8F6N2O6S2/c1-3(2,12(14)15)13(20(16,17)4(6,7)8)21(18,19)5(9,10)11/h14-15H,1-2H3. The summed E-state index contributed by atoms with van der Waals surface area (Å²) in [5, 5.41) is 15.8. The Balaban J connectivity index is 6.66. The van der Waals surface area contributed by atoms with Crippen LogP contribution in [0.5, 0.6) is 0 Å². The van der Waals surface area contributed by atoms with Gasteiger partial charge >= 0.3 is 31.1 Å². The second-order valence-corrected chi connectivity index (χ2v) is 7.67. The largest absolute Gasteiger partial charge is 0.512 e. The van der Waals surface area contributed by atoms with E-state index in [1.54, 1.807) is 0 Å². The van der Waals surface area contributed by atoms with Crippen molar-refractivity contribution in [3.05, 3.63) is 0 Å². The Kier molecular flexibility index (Phi) is 5.03. The number of rotatable bonds is 4. The molecule has 0 radical (unpaired) electrons. The minimum Gasteiger partial charge on any atom is -0.288 e. The Bertz CT molecular complexity index is 546. The van der Waals surface area contributed by atoms with Crippen molar-refractivity contribution in [2.24, 2.45) is 0 Å². The van der Waals surface area contributed by atoms with E-state index in [1.807, 2.05) is 0 Å². The molecule has 8 nitrogen and oxygen atoms in total. The van der Waals surface area contributed by atoms with E-state index in [0.717, 1.165) is 0 Å². The molecule has 0 saturated heterocycles.